The molecule has 4 heteroatoms. The Morgan fingerprint density at radius 3 is 2.86 bits per heavy atom. The molecule has 0 saturated heterocycles. The predicted molar refractivity (Wildman–Crippen MR) is 99.2 cm³/mol. The third-order valence-corrected chi connectivity index (χ3v) is 5.14. The average Bonchev–Trinajstić information content (AvgIpc) is 2.54. The number of nitrogens with one attached hydrogen (secondary N) is 1. The van der Waals surface area contributed by atoms with Gasteiger partial charge in [-0.15, -0.1) is 11.8 Å². The van der Waals surface area contributed by atoms with Crippen LogP contribution >= 0.6 is 34.4 Å². The lowest BCUT2D eigenvalue weighted by Gasteiger charge is -2.17. The van der Waals surface area contributed by atoms with Crippen molar-refractivity contribution in [2.24, 2.45) is 4.99 Å². The molecule has 0 atom stereocenters. The molecule has 0 radical (unpaired) electrons. The number of amidine groups is 1. The van der Waals surface area contributed by atoms with Crippen LogP contribution in [0.4, 0.5) is 0 Å². The molecule has 0 spiro atoms. The summed E-state index contributed by atoms with van der Waals surface area (Å²) in [7, 11) is 0. The summed E-state index contributed by atoms with van der Waals surface area (Å²) in [6, 6.07) is 17.2. The van der Waals surface area contributed by atoms with Gasteiger partial charge in [-0.3, -0.25) is 4.99 Å². The Bertz CT molecular complexity index is 655. The van der Waals surface area contributed by atoms with Crippen LogP contribution in [-0.2, 0) is 5.75 Å². The zero-order valence-corrected chi connectivity index (χ0v) is 14.7. The fourth-order valence-electron chi connectivity index (χ4n) is 2.29. The number of hydrogen-bond acceptors (Lipinski definition) is 3. The molecule has 0 amide bonds. The van der Waals surface area contributed by atoms with Crippen LogP contribution in [0.15, 0.2) is 58.4 Å². The van der Waals surface area contributed by atoms with E-state index in [9.17, 15) is 0 Å². The first-order valence-corrected chi connectivity index (χ1v) is 9.14. The molecule has 1 N–H and O–H groups in total. The number of benzene rings is 2. The van der Waals surface area contributed by atoms with Crippen LogP contribution in [0.5, 0.6) is 0 Å². The highest BCUT2D eigenvalue weighted by atomic mass is 127. The van der Waals surface area contributed by atoms with E-state index >= 15 is 0 Å². The molecule has 1 heterocycles. The van der Waals surface area contributed by atoms with Gasteiger partial charge in [-0.1, -0.05) is 30.3 Å². The Hall–Kier alpha value is -1.01. The minimum atomic E-state index is 0.929. The van der Waals surface area contributed by atoms with Gasteiger partial charge in [0.1, 0.15) is 5.84 Å². The van der Waals surface area contributed by atoms with E-state index in [-0.39, 0.29) is 0 Å². The molecule has 0 bridgehead atoms. The second kappa shape index (κ2) is 7.31. The highest BCUT2D eigenvalue weighted by Gasteiger charge is 2.11. The summed E-state index contributed by atoms with van der Waals surface area (Å²) in [4.78, 5) is 5.92. The van der Waals surface area contributed by atoms with Crippen molar-refractivity contribution in [1.29, 1.82) is 0 Å². The van der Waals surface area contributed by atoms with Crippen molar-refractivity contribution in [2.75, 3.05) is 13.1 Å². The number of hydrogen-bond donors (Lipinski definition) is 1. The van der Waals surface area contributed by atoms with Crippen LogP contribution in [0, 0.1) is 3.57 Å². The van der Waals surface area contributed by atoms with Crippen molar-refractivity contribution in [3.63, 3.8) is 0 Å². The van der Waals surface area contributed by atoms with Crippen molar-refractivity contribution >= 4 is 40.2 Å². The number of rotatable bonds is 4. The fraction of sp³-hybridized carbons (Fsp3) is 0.235. The largest absolute Gasteiger partial charge is 0.370 e. The lowest BCUT2D eigenvalue weighted by Crippen LogP contribution is -2.30. The predicted octanol–water partition coefficient (Wildman–Crippen LogP) is 4.32. The van der Waals surface area contributed by atoms with Crippen LogP contribution < -0.4 is 5.32 Å². The Balaban J connectivity index is 1.78. The summed E-state index contributed by atoms with van der Waals surface area (Å²) < 4.78 is 1.29. The molecule has 21 heavy (non-hydrogen) atoms. The molecule has 2 aromatic rings. The van der Waals surface area contributed by atoms with Gasteiger partial charge in [0.05, 0.1) is 0 Å². The maximum Gasteiger partial charge on any atom is 0.129 e. The smallest absolute Gasteiger partial charge is 0.129 e. The van der Waals surface area contributed by atoms with E-state index in [0.29, 0.717) is 0 Å². The van der Waals surface area contributed by atoms with Gasteiger partial charge in [0.15, 0.2) is 0 Å². The van der Waals surface area contributed by atoms with Gasteiger partial charge in [-0.2, -0.15) is 0 Å². The number of halogens is 1. The number of thioether (sulfide) groups is 1. The van der Waals surface area contributed by atoms with Crippen molar-refractivity contribution < 1.29 is 0 Å². The van der Waals surface area contributed by atoms with Crippen LogP contribution in [0.25, 0.3) is 0 Å². The van der Waals surface area contributed by atoms with Gasteiger partial charge in [-0.25, -0.2) is 0 Å². The normalized spacial score (nSPS) is 14.4. The zero-order valence-electron chi connectivity index (χ0n) is 11.7. The Morgan fingerprint density at radius 2 is 2.05 bits per heavy atom. The minimum absolute atomic E-state index is 0.929. The van der Waals surface area contributed by atoms with E-state index in [1.165, 1.54) is 19.6 Å². The summed E-state index contributed by atoms with van der Waals surface area (Å²) in [6.45, 7) is 1.95. The highest BCUT2D eigenvalue weighted by Crippen LogP contribution is 2.27. The molecule has 2 nitrogen and oxygen atoms in total. The Kier molecular flexibility index (Phi) is 5.19. The van der Waals surface area contributed by atoms with Gasteiger partial charge >= 0.3 is 0 Å². The molecule has 1 aliphatic heterocycles. The second-order valence-corrected chi connectivity index (χ2v) is 7.19. The summed E-state index contributed by atoms with van der Waals surface area (Å²) in [5.74, 6) is 2.04. The average molecular weight is 408 g/mol. The number of nitrogens with zero attached hydrogens (tertiary/aromatic N) is 1. The van der Waals surface area contributed by atoms with Crippen LogP contribution in [-0.4, -0.2) is 18.9 Å². The monoisotopic (exact) mass is 408 g/mol. The first-order valence-electron chi connectivity index (χ1n) is 7.08. The molecule has 0 saturated carbocycles. The first-order chi connectivity index (χ1) is 10.3. The Morgan fingerprint density at radius 1 is 1.14 bits per heavy atom. The van der Waals surface area contributed by atoms with Gasteiger partial charge in [-0.05, 0) is 52.8 Å². The second-order valence-electron chi connectivity index (χ2n) is 4.93. The summed E-state index contributed by atoms with van der Waals surface area (Å²) in [5.41, 5.74) is 2.59. The lowest BCUT2D eigenvalue weighted by molar-refractivity contribution is 0.741. The molecule has 0 unspecified atom stereocenters. The molecule has 1 aliphatic rings. The van der Waals surface area contributed by atoms with E-state index in [0.717, 1.165) is 31.1 Å². The summed E-state index contributed by atoms with van der Waals surface area (Å²) in [6.07, 6.45) is 1.13. The maximum absolute atomic E-state index is 4.62. The van der Waals surface area contributed by atoms with Crippen molar-refractivity contribution in [1.82, 2.24) is 5.32 Å². The number of aliphatic imine (C=N–C) groups is 1. The molecular formula is C17H17IN2S. The van der Waals surface area contributed by atoms with Gasteiger partial charge in [0.25, 0.3) is 0 Å². The van der Waals surface area contributed by atoms with E-state index in [1.807, 2.05) is 11.8 Å². The Labute approximate surface area is 143 Å². The molecule has 108 valence electrons. The first kappa shape index (κ1) is 14.9. The molecule has 0 aromatic heterocycles. The SMILES string of the molecule is Ic1cccc(CSc2ccccc2C2=NCCCN2)c1. The zero-order chi connectivity index (χ0) is 14.5. The van der Waals surface area contributed by atoms with Gasteiger partial charge in [0.2, 0.25) is 0 Å². The maximum atomic E-state index is 4.62. The molecule has 2 aromatic carbocycles. The van der Waals surface area contributed by atoms with Crippen LogP contribution in [0.2, 0.25) is 0 Å². The van der Waals surface area contributed by atoms with Gasteiger partial charge < -0.3 is 5.32 Å². The van der Waals surface area contributed by atoms with E-state index in [2.05, 4.69) is 81.4 Å². The molecule has 0 aliphatic carbocycles. The van der Waals surface area contributed by atoms with E-state index < -0.39 is 0 Å². The fourth-order valence-corrected chi connectivity index (χ4v) is 3.89. The van der Waals surface area contributed by atoms with Gasteiger partial charge in [0, 0.05) is 32.9 Å². The van der Waals surface area contributed by atoms with Crippen molar-refractivity contribution in [3.05, 3.63) is 63.2 Å². The lowest BCUT2D eigenvalue weighted by atomic mass is 10.2. The quantitative estimate of drug-likeness (QED) is 0.602. The summed E-state index contributed by atoms with van der Waals surface area (Å²) >= 11 is 4.24. The minimum Gasteiger partial charge on any atom is -0.370 e. The molecule has 3 rings (SSSR count). The topological polar surface area (TPSA) is 24.4 Å². The van der Waals surface area contributed by atoms with E-state index in [1.54, 1.807) is 0 Å². The molecule has 0 fully saturated rings. The highest BCUT2D eigenvalue weighted by molar-refractivity contribution is 14.1. The standard InChI is InChI=1S/C17H17IN2S/c18-14-6-3-5-13(11-14)12-21-16-8-2-1-7-15(16)17-19-9-4-10-20-17/h1-3,5-8,11H,4,9-10,12H2,(H,19,20). The van der Waals surface area contributed by atoms with Crippen LogP contribution in [0.1, 0.15) is 17.5 Å². The van der Waals surface area contributed by atoms with Crippen molar-refractivity contribution in [3.8, 4) is 0 Å². The van der Waals surface area contributed by atoms with E-state index in [4.69, 9.17) is 0 Å². The third-order valence-electron chi connectivity index (χ3n) is 3.32. The van der Waals surface area contributed by atoms with Crippen LogP contribution in [0.3, 0.4) is 0 Å². The molecular weight excluding hydrogens is 391 g/mol. The van der Waals surface area contributed by atoms with Crippen molar-refractivity contribution in [2.45, 2.75) is 17.1 Å². The third kappa shape index (κ3) is 4.01. The summed E-state index contributed by atoms with van der Waals surface area (Å²) in [5, 5.41) is 3.42.